The summed E-state index contributed by atoms with van der Waals surface area (Å²) in [6.07, 6.45) is 0. The molecule has 2 nitrogen and oxygen atoms in total. The SMILES string of the molecule is C=C(CNC)CN(C)Cc1ccc(C)cc1. The molecule has 0 fully saturated rings. The molecule has 1 aromatic carbocycles. The van der Waals surface area contributed by atoms with Crippen LogP contribution >= 0.6 is 0 Å². The fourth-order valence-electron chi connectivity index (χ4n) is 1.75. The summed E-state index contributed by atoms with van der Waals surface area (Å²) in [5.41, 5.74) is 3.88. The molecule has 0 aromatic heterocycles. The second-order valence-corrected chi connectivity index (χ2v) is 4.44. The van der Waals surface area contributed by atoms with Gasteiger partial charge in [-0.2, -0.15) is 0 Å². The van der Waals surface area contributed by atoms with Gasteiger partial charge in [0.1, 0.15) is 0 Å². The topological polar surface area (TPSA) is 15.3 Å². The molecular formula is C14H22N2. The van der Waals surface area contributed by atoms with Crippen LogP contribution in [-0.4, -0.2) is 32.1 Å². The van der Waals surface area contributed by atoms with Gasteiger partial charge in [-0.25, -0.2) is 0 Å². The lowest BCUT2D eigenvalue weighted by molar-refractivity contribution is 0.353. The lowest BCUT2D eigenvalue weighted by atomic mass is 10.1. The molecule has 88 valence electrons. The molecule has 0 saturated heterocycles. The van der Waals surface area contributed by atoms with Crippen LogP contribution in [0.5, 0.6) is 0 Å². The summed E-state index contributed by atoms with van der Waals surface area (Å²) >= 11 is 0. The van der Waals surface area contributed by atoms with Gasteiger partial charge in [0.2, 0.25) is 0 Å². The van der Waals surface area contributed by atoms with Crippen LogP contribution in [0.1, 0.15) is 11.1 Å². The molecule has 0 saturated carbocycles. The number of aryl methyl sites for hydroxylation is 1. The van der Waals surface area contributed by atoms with E-state index >= 15 is 0 Å². The number of nitrogens with zero attached hydrogens (tertiary/aromatic N) is 1. The highest BCUT2D eigenvalue weighted by atomic mass is 15.1. The highest BCUT2D eigenvalue weighted by molar-refractivity contribution is 5.21. The molecule has 0 spiro atoms. The van der Waals surface area contributed by atoms with Gasteiger partial charge in [0, 0.05) is 19.6 Å². The Hall–Kier alpha value is -1.12. The fourth-order valence-corrected chi connectivity index (χ4v) is 1.75. The summed E-state index contributed by atoms with van der Waals surface area (Å²) in [4.78, 5) is 2.28. The maximum absolute atomic E-state index is 4.04. The summed E-state index contributed by atoms with van der Waals surface area (Å²) in [7, 11) is 4.08. The largest absolute Gasteiger partial charge is 0.316 e. The van der Waals surface area contributed by atoms with E-state index in [-0.39, 0.29) is 0 Å². The Bertz CT molecular complexity index is 327. The molecule has 0 bridgehead atoms. The second-order valence-electron chi connectivity index (χ2n) is 4.44. The summed E-state index contributed by atoms with van der Waals surface area (Å²) in [6, 6.07) is 8.69. The average Bonchev–Trinajstić information content (AvgIpc) is 2.21. The van der Waals surface area contributed by atoms with E-state index < -0.39 is 0 Å². The molecule has 0 radical (unpaired) electrons. The van der Waals surface area contributed by atoms with E-state index in [1.807, 2.05) is 7.05 Å². The number of rotatable bonds is 6. The zero-order chi connectivity index (χ0) is 12.0. The van der Waals surface area contributed by atoms with E-state index in [0.29, 0.717) is 0 Å². The first-order valence-electron chi connectivity index (χ1n) is 5.67. The van der Waals surface area contributed by atoms with E-state index in [4.69, 9.17) is 0 Å². The molecule has 0 amide bonds. The Morgan fingerprint density at radius 2 is 1.94 bits per heavy atom. The van der Waals surface area contributed by atoms with Crippen LogP contribution in [0.15, 0.2) is 36.4 Å². The molecular weight excluding hydrogens is 196 g/mol. The zero-order valence-corrected chi connectivity index (χ0v) is 10.6. The van der Waals surface area contributed by atoms with Gasteiger partial charge < -0.3 is 5.32 Å². The van der Waals surface area contributed by atoms with Gasteiger partial charge in [-0.15, -0.1) is 0 Å². The smallest absolute Gasteiger partial charge is 0.0234 e. The van der Waals surface area contributed by atoms with Crippen LogP contribution in [0.25, 0.3) is 0 Å². The Kier molecular flexibility index (Phi) is 5.23. The third-order valence-corrected chi connectivity index (χ3v) is 2.49. The number of hydrogen-bond acceptors (Lipinski definition) is 2. The van der Waals surface area contributed by atoms with Crippen molar-refractivity contribution in [2.24, 2.45) is 0 Å². The molecule has 2 heteroatoms. The normalized spacial score (nSPS) is 10.8. The minimum atomic E-state index is 0.887. The highest BCUT2D eigenvalue weighted by Gasteiger charge is 2.01. The highest BCUT2D eigenvalue weighted by Crippen LogP contribution is 2.06. The Balaban J connectivity index is 2.42. The van der Waals surface area contributed by atoms with Gasteiger partial charge >= 0.3 is 0 Å². The van der Waals surface area contributed by atoms with E-state index in [1.165, 1.54) is 16.7 Å². The minimum absolute atomic E-state index is 0.887. The zero-order valence-electron chi connectivity index (χ0n) is 10.6. The van der Waals surface area contributed by atoms with E-state index in [9.17, 15) is 0 Å². The molecule has 0 heterocycles. The molecule has 0 atom stereocenters. The van der Waals surface area contributed by atoms with Crippen LogP contribution in [0, 0.1) is 6.92 Å². The van der Waals surface area contributed by atoms with Gasteiger partial charge in [0.25, 0.3) is 0 Å². The number of hydrogen-bond donors (Lipinski definition) is 1. The van der Waals surface area contributed by atoms with Crippen molar-refractivity contribution in [3.05, 3.63) is 47.5 Å². The standard InChI is InChI=1S/C14H22N2/c1-12-5-7-14(8-6-12)11-16(4)10-13(2)9-15-3/h5-8,15H,2,9-11H2,1,3-4H3. The number of benzene rings is 1. The fraction of sp³-hybridized carbons (Fsp3) is 0.429. The van der Waals surface area contributed by atoms with E-state index in [2.05, 4.69) is 55.0 Å². The lowest BCUT2D eigenvalue weighted by Crippen LogP contribution is -2.24. The van der Waals surface area contributed by atoms with Gasteiger partial charge in [-0.3, -0.25) is 4.90 Å². The average molecular weight is 218 g/mol. The predicted molar refractivity (Wildman–Crippen MR) is 70.6 cm³/mol. The molecule has 16 heavy (non-hydrogen) atoms. The molecule has 0 unspecified atom stereocenters. The third-order valence-electron chi connectivity index (χ3n) is 2.49. The van der Waals surface area contributed by atoms with Crippen molar-refractivity contribution in [2.75, 3.05) is 27.2 Å². The Labute approximate surface area is 99.0 Å². The summed E-state index contributed by atoms with van der Waals surface area (Å²) < 4.78 is 0. The van der Waals surface area contributed by atoms with E-state index in [1.54, 1.807) is 0 Å². The molecule has 0 aliphatic heterocycles. The lowest BCUT2D eigenvalue weighted by Gasteiger charge is -2.18. The second kappa shape index (κ2) is 6.46. The van der Waals surface area contributed by atoms with Crippen molar-refractivity contribution in [3.63, 3.8) is 0 Å². The monoisotopic (exact) mass is 218 g/mol. The first-order valence-corrected chi connectivity index (χ1v) is 5.67. The van der Waals surface area contributed by atoms with Crippen molar-refractivity contribution in [2.45, 2.75) is 13.5 Å². The van der Waals surface area contributed by atoms with Crippen LogP contribution < -0.4 is 5.32 Å². The Morgan fingerprint density at radius 3 is 2.50 bits per heavy atom. The minimum Gasteiger partial charge on any atom is -0.316 e. The van der Waals surface area contributed by atoms with Gasteiger partial charge in [-0.1, -0.05) is 36.4 Å². The first-order chi connectivity index (χ1) is 7.61. The molecule has 0 aliphatic carbocycles. The van der Waals surface area contributed by atoms with Crippen LogP contribution in [0.2, 0.25) is 0 Å². The van der Waals surface area contributed by atoms with Crippen LogP contribution in [-0.2, 0) is 6.54 Å². The first kappa shape index (κ1) is 12.9. The predicted octanol–water partition coefficient (Wildman–Crippen LogP) is 2.20. The van der Waals surface area contributed by atoms with Crippen LogP contribution in [0.3, 0.4) is 0 Å². The molecule has 1 N–H and O–H groups in total. The van der Waals surface area contributed by atoms with Gasteiger partial charge in [0.15, 0.2) is 0 Å². The maximum atomic E-state index is 4.04. The molecule has 0 aliphatic rings. The molecule has 1 aromatic rings. The number of nitrogens with one attached hydrogen (secondary N) is 1. The van der Waals surface area contributed by atoms with Crippen molar-refractivity contribution in [3.8, 4) is 0 Å². The Morgan fingerprint density at radius 1 is 1.31 bits per heavy atom. The number of likely N-dealkylation sites (N-methyl/N-ethyl adjacent to an activating group) is 2. The quantitative estimate of drug-likeness (QED) is 0.736. The van der Waals surface area contributed by atoms with Gasteiger partial charge in [-0.05, 0) is 32.2 Å². The third kappa shape index (κ3) is 4.60. The van der Waals surface area contributed by atoms with Crippen molar-refractivity contribution < 1.29 is 0 Å². The summed E-state index contributed by atoms with van der Waals surface area (Å²) in [5, 5.41) is 3.12. The summed E-state index contributed by atoms with van der Waals surface area (Å²) in [5.74, 6) is 0. The maximum Gasteiger partial charge on any atom is 0.0234 e. The van der Waals surface area contributed by atoms with Crippen molar-refractivity contribution in [1.82, 2.24) is 10.2 Å². The van der Waals surface area contributed by atoms with Crippen molar-refractivity contribution in [1.29, 1.82) is 0 Å². The van der Waals surface area contributed by atoms with Crippen LogP contribution in [0.4, 0.5) is 0 Å². The van der Waals surface area contributed by atoms with E-state index in [0.717, 1.165) is 19.6 Å². The summed E-state index contributed by atoms with van der Waals surface area (Å²) in [6.45, 7) is 8.95. The van der Waals surface area contributed by atoms with Gasteiger partial charge in [0.05, 0.1) is 0 Å². The van der Waals surface area contributed by atoms with Crippen molar-refractivity contribution >= 4 is 0 Å². The molecule has 1 rings (SSSR count).